The van der Waals surface area contributed by atoms with E-state index in [9.17, 15) is 9.59 Å². The summed E-state index contributed by atoms with van der Waals surface area (Å²) in [5, 5.41) is 0. The first-order valence-corrected chi connectivity index (χ1v) is 9.53. The molecule has 4 rings (SSSR count). The predicted molar refractivity (Wildman–Crippen MR) is 111 cm³/mol. The number of esters is 1. The molecule has 0 fully saturated rings. The van der Waals surface area contributed by atoms with Gasteiger partial charge in [0.05, 0.1) is 18.2 Å². The molecule has 1 heterocycles. The smallest absolute Gasteiger partial charge is 0.343 e. The maximum Gasteiger partial charge on any atom is 0.343 e. The Bertz CT molecular complexity index is 1120. The van der Waals surface area contributed by atoms with Gasteiger partial charge in [0.2, 0.25) is 5.78 Å². The third-order valence-corrected chi connectivity index (χ3v) is 4.87. The second kappa shape index (κ2) is 7.93. The minimum atomic E-state index is -0.490. The quantitative estimate of drug-likeness (QED) is 0.306. The van der Waals surface area contributed by atoms with Crippen LogP contribution >= 0.6 is 15.9 Å². The Morgan fingerprint density at radius 2 is 1.66 bits per heavy atom. The Balaban J connectivity index is 1.52. The number of fused-ring (bicyclic) bond motifs is 1. The van der Waals surface area contributed by atoms with E-state index >= 15 is 0 Å². The molecular weight excluding hydrogens is 436 g/mol. The number of methoxy groups -OCH3 is 1. The van der Waals surface area contributed by atoms with Crippen LogP contribution in [0.5, 0.6) is 17.2 Å². The summed E-state index contributed by atoms with van der Waals surface area (Å²) in [6.07, 6.45) is 1.66. The Morgan fingerprint density at radius 1 is 0.966 bits per heavy atom. The Labute approximate surface area is 175 Å². The van der Waals surface area contributed by atoms with Crippen molar-refractivity contribution < 1.29 is 23.8 Å². The lowest BCUT2D eigenvalue weighted by molar-refractivity contribution is 0.0734. The van der Waals surface area contributed by atoms with E-state index in [0.29, 0.717) is 22.6 Å². The molecule has 0 amide bonds. The molecule has 0 saturated carbocycles. The van der Waals surface area contributed by atoms with Crippen molar-refractivity contribution in [2.24, 2.45) is 0 Å². The first-order valence-electron chi connectivity index (χ1n) is 8.73. The first kappa shape index (κ1) is 19.0. The third-order valence-electron chi connectivity index (χ3n) is 4.35. The zero-order valence-corrected chi connectivity index (χ0v) is 16.9. The zero-order valence-electron chi connectivity index (χ0n) is 15.3. The molecule has 5 nitrogen and oxygen atoms in total. The Morgan fingerprint density at radius 3 is 2.34 bits per heavy atom. The minimum absolute atomic E-state index is 0.210. The average molecular weight is 451 g/mol. The number of carbonyl (C=O) groups excluding carboxylic acids is 2. The van der Waals surface area contributed by atoms with Gasteiger partial charge in [0.25, 0.3) is 0 Å². The maximum atomic E-state index is 12.6. The number of benzene rings is 3. The number of ketones is 1. The van der Waals surface area contributed by atoms with E-state index in [1.165, 1.54) is 0 Å². The number of hydrogen-bond acceptors (Lipinski definition) is 5. The SMILES string of the molecule is COc1ccc(C=C2Oc3cc(OC(=O)c4ccc(Br)cc4)ccc3C2=O)cc1. The number of halogens is 1. The molecule has 1 aliphatic rings. The van der Waals surface area contributed by atoms with Crippen LogP contribution in [-0.4, -0.2) is 18.9 Å². The molecule has 6 heteroatoms. The molecular formula is C23H15BrO5. The lowest BCUT2D eigenvalue weighted by Crippen LogP contribution is -2.08. The van der Waals surface area contributed by atoms with Gasteiger partial charge >= 0.3 is 5.97 Å². The average Bonchev–Trinajstić information content (AvgIpc) is 3.03. The summed E-state index contributed by atoms with van der Waals surface area (Å²) < 4.78 is 17.1. The summed E-state index contributed by atoms with van der Waals surface area (Å²) in [6, 6.07) is 18.8. The van der Waals surface area contributed by atoms with E-state index in [-0.39, 0.29) is 11.5 Å². The van der Waals surface area contributed by atoms with Gasteiger partial charge in [0.15, 0.2) is 5.76 Å². The Kier molecular flexibility index (Phi) is 5.18. The van der Waals surface area contributed by atoms with Gasteiger partial charge in [0, 0.05) is 10.5 Å². The van der Waals surface area contributed by atoms with E-state index in [2.05, 4.69) is 15.9 Å². The lowest BCUT2D eigenvalue weighted by Gasteiger charge is -2.06. The highest BCUT2D eigenvalue weighted by atomic mass is 79.9. The van der Waals surface area contributed by atoms with E-state index in [4.69, 9.17) is 14.2 Å². The third kappa shape index (κ3) is 4.07. The van der Waals surface area contributed by atoms with Crippen LogP contribution in [0.25, 0.3) is 6.08 Å². The predicted octanol–water partition coefficient (Wildman–Crippen LogP) is 5.29. The summed E-state index contributed by atoms with van der Waals surface area (Å²) >= 11 is 3.33. The number of ether oxygens (including phenoxy) is 3. The minimum Gasteiger partial charge on any atom is -0.497 e. The van der Waals surface area contributed by atoms with Crippen LogP contribution in [0.2, 0.25) is 0 Å². The summed E-state index contributed by atoms with van der Waals surface area (Å²) in [5.74, 6) is 0.885. The van der Waals surface area contributed by atoms with Gasteiger partial charge in [-0.05, 0) is 60.2 Å². The molecule has 3 aromatic rings. The molecule has 0 aromatic heterocycles. The fraction of sp³-hybridized carbons (Fsp3) is 0.0435. The molecule has 3 aromatic carbocycles. The highest BCUT2D eigenvalue weighted by Crippen LogP contribution is 2.35. The molecule has 0 aliphatic carbocycles. The molecule has 0 saturated heterocycles. The van der Waals surface area contributed by atoms with Crippen LogP contribution in [0.3, 0.4) is 0 Å². The van der Waals surface area contributed by atoms with Gasteiger partial charge in [-0.25, -0.2) is 4.79 Å². The van der Waals surface area contributed by atoms with Crippen molar-refractivity contribution in [1.82, 2.24) is 0 Å². The van der Waals surface area contributed by atoms with Crippen molar-refractivity contribution in [2.45, 2.75) is 0 Å². The van der Waals surface area contributed by atoms with Crippen molar-refractivity contribution in [3.8, 4) is 17.2 Å². The largest absolute Gasteiger partial charge is 0.497 e. The number of allylic oxidation sites excluding steroid dienone is 1. The van der Waals surface area contributed by atoms with E-state index in [1.807, 2.05) is 12.1 Å². The number of Topliss-reactive ketones (excluding diaryl/α,β-unsaturated/α-hetero) is 1. The van der Waals surface area contributed by atoms with Gasteiger partial charge in [-0.1, -0.05) is 28.1 Å². The van der Waals surface area contributed by atoms with Crippen LogP contribution in [0, 0.1) is 0 Å². The fourth-order valence-electron chi connectivity index (χ4n) is 2.83. The first-order chi connectivity index (χ1) is 14.0. The van der Waals surface area contributed by atoms with Crippen molar-refractivity contribution in [2.75, 3.05) is 7.11 Å². The lowest BCUT2D eigenvalue weighted by atomic mass is 10.1. The van der Waals surface area contributed by atoms with Crippen LogP contribution < -0.4 is 14.2 Å². The van der Waals surface area contributed by atoms with Crippen LogP contribution in [0.15, 0.2) is 77.0 Å². The van der Waals surface area contributed by atoms with Gasteiger partial charge in [-0.15, -0.1) is 0 Å². The van der Waals surface area contributed by atoms with E-state index in [0.717, 1.165) is 15.8 Å². The molecule has 0 N–H and O–H groups in total. The molecule has 29 heavy (non-hydrogen) atoms. The van der Waals surface area contributed by atoms with Gasteiger partial charge in [-0.2, -0.15) is 0 Å². The van der Waals surface area contributed by atoms with E-state index < -0.39 is 5.97 Å². The van der Waals surface area contributed by atoms with Crippen LogP contribution in [-0.2, 0) is 0 Å². The standard InChI is InChI=1S/C23H15BrO5/c1-27-17-8-2-14(3-9-17)12-21-22(25)19-11-10-18(13-20(19)29-21)28-23(26)15-4-6-16(24)7-5-15/h2-13H,1H3. The normalized spacial score (nSPS) is 13.7. The monoisotopic (exact) mass is 450 g/mol. The second-order valence-electron chi connectivity index (χ2n) is 6.27. The molecule has 0 spiro atoms. The molecule has 1 aliphatic heterocycles. The summed E-state index contributed by atoms with van der Waals surface area (Å²) in [5.41, 5.74) is 1.66. The maximum absolute atomic E-state index is 12.6. The molecule has 0 bridgehead atoms. The van der Waals surface area contributed by atoms with Crippen molar-refractivity contribution >= 4 is 33.8 Å². The molecule has 0 atom stereocenters. The van der Waals surface area contributed by atoms with Crippen LogP contribution in [0.1, 0.15) is 26.3 Å². The summed E-state index contributed by atoms with van der Waals surface area (Å²) in [4.78, 5) is 24.9. The second-order valence-corrected chi connectivity index (χ2v) is 7.18. The molecule has 0 radical (unpaired) electrons. The van der Waals surface area contributed by atoms with Crippen molar-refractivity contribution in [1.29, 1.82) is 0 Å². The highest BCUT2D eigenvalue weighted by molar-refractivity contribution is 9.10. The zero-order chi connectivity index (χ0) is 20.4. The van der Waals surface area contributed by atoms with Crippen molar-refractivity contribution in [3.05, 3.63) is 93.7 Å². The molecule has 0 unspecified atom stereocenters. The fourth-order valence-corrected chi connectivity index (χ4v) is 3.10. The van der Waals surface area contributed by atoms with Gasteiger partial charge in [-0.3, -0.25) is 4.79 Å². The number of carbonyl (C=O) groups is 2. The van der Waals surface area contributed by atoms with Crippen LogP contribution in [0.4, 0.5) is 0 Å². The topological polar surface area (TPSA) is 61.8 Å². The highest BCUT2D eigenvalue weighted by Gasteiger charge is 2.28. The number of hydrogen-bond donors (Lipinski definition) is 0. The molecule has 144 valence electrons. The van der Waals surface area contributed by atoms with Gasteiger partial charge < -0.3 is 14.2 Å². The van der Waals surface area contributed by atoms with E-state index in [1.54, 1.807) is 67.8 Å². The summed E-state index contributed by atoms with van der Waals surface area (Å²) in [6.45, 7) is 0. The summed E-state index contributed by atoms with van der Waals surface area (Å²) in [7, 11) is 1.59. The number of rotatable bonds is 4. The Hall–Kier alpha value is -3.38. The van der Waals surface area contributed by atoms with Crippen molar-refractivity contribution in [3.63, 3.8) is 0 Å². The van der Waals surface area contributed by atoms with Gasteiger partial charge in [0.1, 0.15) is 17.2 Å².